The Hall–Kier alpha value is -3.94. The maximum Gasteiger partial charge on any atom is 0.251 e. The van der Waals surface area contributed by atoms with Crippen LogP contribution in [0.2, 0.25) is 0 Å². The molecule has 3 aromatic rings. The Morgan fingerprint density at radius 1 is 1.09 bits per heavy atom. The van der Waals surface area contributed by atoms with E-state index in [2.05, 4.69) is 20.6 Å². The molecule has 0 spiro atoms. The van der Waals surface area contributed by atoms with Gasteiger partial charge in [-0.3, -0.25) is 9.59 Å². The number of benzene rings is 2. The highest BCUT2D eigenvalue weighted by molar-refractivity contribution is 5.95. The fraction of sp³-hybridized carbons (Fsp3) is 0.280. The van der Waals surface area contributed by atoms with Gasteiger partial charge in [0, 0.05) is 55.3 Å². The second-order valence-electron chi connectivity index (χ2n) is 7.82. The first kappa shape index (κ1) is 22.3. The summed E-state index contributed by atoms with van der Waals surface area (Å²) in [6.45, 7) is 2.03. The van der Waals surface area contributed by atoms with Crippen molar-refractivity contribution < 1.29 is 14.3 Å². The van der Waals surface area contributed by atoms with Gasteiger partial charge in [-0.2, -0.15) is 0 Å². The number of ether oxygens (including phenoxy) is 1. The minimum atomic E-state index is -0.151. The molecule has 2 N–H and O–H groups in total. The Labute approximate surface area is 193 Å². The zero-order valence-electron chi connectivity index (χ0n) is 18.6. The van der Waals surface area contributed by atoms with Crippen LogP contribution < -0.4 is 15.4 Å². The van der Waals surface area contributed by atoms with Crippen molar-refractivity contribution in [1.82, 2.24) is 20.2 Å². The van der Waals surface area contributed by atoms with Gasteiger partial charge < -0.3 is 20.3 Å². The van der Waals surface area contributed by atoms with E-state index >= 15 is 0 Å². The fourth-order valence-electron chi connectivity index (χ4n) is 3.71. The van der Waals surface area contributed by atoms with E-state index in [0.29, 0.717) is 31.0 Å². The van der Waals surface area contributed by atoms with Crippen LogP contribution in [0.3, 0.4) is 0 Å². The molecule has 0 unspecified atom stereocenters. The van der Waals surface area contributed by atoms with Crippen molar-refractivity contribution in [1.29, 1.82) is 0 Å². The number of aromatic nitrogens is 2. The van der Waals surface area contributed by atoms with Crippen molar-refractivity contribution in [2.45, 2.75) is 19.3 Å². The summed E-state index contributed by atoms with van der Waals surface area (Å²) in [7, 11) is 1.63. The lowest BCUT2D eigenvalue weighted by atomic mass is 10.1. The second kappa shape index (κ2) is 10.6. The van der Waals surface area contributed by atoms with E-state index in [9.17, 15) is 9.59 Å². The van der Waals surface area contributed by atoms with Gasteiger partial charge in [0.2, 0.25) is 11.9 Å². The molecule has 2 aromatic carbocycles. The topological polar surface area (TPSA) is 96.5 Å². The van der Waals surface area contributed by atoms with Crippen molar-refractivity contribution in [3.05, 3.63) is 66.5 Å². The van der Waals surface area contributed by atoms with E-state index in [1.54, 1.807) is 31.6 Å². The smallest absolute Gasteiger partial charge is 0.251 e. The van der Waals surface area contributed by atoms with Gasteiger partial charge in [-0.25, -0.2) is 9.97 Å². The monoisotopic (exact) mass is 445 g/mol. The first-order valence-electron chi connectivity index (χ1n) is 11.0. The van der Waals surface area contributed by atoms with Gasteiger partial charge in [-0.15, -0.1) is 0 Å². The molecule has 0 bridgehead atoms. The van der Waals surface area contributed by atoms with Crippen molar-refractivity contribution in [2.75, 3.05) is 32.1 Å². The molecular weight excluding hydrogens is 418 g/mol. The van der Waals surface area contributed by atoms with E-state index in [4.69, 9.17) is 4.74 Å². The van der Waals surface area contributed by atoms with Crippen molar-refractivity contribution >= 4 is 23.5 Å². The highest BCUT2D eigenvalue weighted by Crippen LogP contribution is 2.22. The van der Waals surface area contributed by atoms with Gasteiger partial charge in [0.15, 0.2) is 0 Å². The number of carbonyl (C=O) groups excluding carboxylic acids is 2. The number of likely N-dealkylation sites (tertiary alicyclic amines) is 1. The molecule has 1 aliphatic heterocycles. The highest BCUT2D eigenvalue weighted by Gasteiger charge is 2.19. The molecular formula is C25H27N5O3. The standard InChI is InChI=1S/C25H27N5O3/c1-33-22-10-8-18(9-11-22)20-16-27-25(28-17-20)29-21-6-2-5-19(15-21)24(32)26-12-4-14-30-13-3-7-23(30)31/h2,5-6,8-11,15-17H,3-4,7,12-14H2,1H3,(H,26,32)(H,27,28,29). The van der Waals surface area contributed by atoms with E-state index < -0.39 is 0 Å². The minimum Gasteiger partial charge on any atom is -0.497 e. The van der Waals surface area contributed by atoms with E-state index in [0.717, 1.165) is 42.0 Å². The van der Waals surface area contributed by atoms with Crippen LogP contribution in [0.5, 0.6) is 5.75 Å². The Balaban J connectivity index is 1.30. The van der Waals surface area contributed by atoms with E-state index in [1.807, 2.05) is 41.3 Å². The molecule has 8 heteroatoms. The highest BCUT2D eigenvalue weighted by atomic mass is 16.5. The molecule has 1 aliphatic rings. The molecule has 0 aliphatic carbocycles. The Morgan fingerprint density at radius 3 is 2.58 bits per heavy atom. The molecule has 33 heavy (non-hydrogen) atoms. The lowest BCUT2D eigenvalue weighted by Gasteiger charge is -2.15. The van der Waals surface area contributed by atoms with Gasteiger partial charge in [-0.1, -0.05) is 18.2 Å². The summed E-state index contributed by atoms with van der Waals surface area (Å²) in [5, 5.41) is 6.06. The lowest BCUT2D eigenvalue weighted by Crippen LogP contribution is -2.30. The number of nitrogens with zero attached hydrogens (tertiary/aromatic N) is 3. The van der Waals surface area contributed by atoms with Gasteiger partial charge in [0.05, 0.1) is 7.11 Å². The summed E-state index contributed by atoms with van der Waals surface area (Å²) < 4.78 is 5.19. The van der Waals surface area contributed by atoms with Crippen LogP contribution in [0.4, 0.5) is 11.6 Å². The van der Waals surface area contributed by atoms with Crippen LogP contribution in [-0.2, 0) is 4.79 Å². The summed E-state index contributed by atoms with van der Waals surface area (Å²) in [5.41, 5.74) is 3.16. The summed E-state index contributed by atoms with van der Waals surface area (Å²) in [6.07, 6.45) is 5.81. The average molecular weight is 446 g/mol. The van der Waals surface area contributed by atoms with E-state index in [1.165, 1.54) is 0 Å². The predicted molar refractivity (Wildman–Crippen MR) is 127 cm³/mol. The number of carbonyl (C=O) groups is 2. The van der Waals surface area contributed by atoms with Crippen LogP contribution >= 0.6 is 0 Å². The molecule has 170 valence electrons. The van der Waals surface area contributed by atoms with Crippen molar-refractivity contribution in [2.24, 2.45) is 0 Å². The number of amides is 2. The van der Waals surface area contributed by atoms with Gasteiger partial charge in [-0.05, 0) is 48.7 Å². The van der Waals surface area contributed by atoms with Gasteiger partial charge in [0.1, 0.15) is 5.75 Å². The first-order chi connectivity index (χ1) is 16.1. The number of hydrogen-bond donors (Lipinski definition) is 2. The number of anilines is 2. The van der Waals surface area contributed by atoms with Crippen LogP contribution in [-0.4, -0.2) is 53.4 Å². The van der Waals surface area contributed by atoms with Gasteiger partial charge in [0.25, 0.3) is 5.91 Å². The molecule has 4 rings (SSSR count). The van der Waals surface area contributed by atoms with E-state index in [-0.39, 0.29) is 11.8 Å². The minimum absolute atomic E-state index is 0.151. The quantitative estimate of drug-likeness (QED) is 0.488. The molecule has 2 heterocycles. The van der Waals surface area contributed by atoms with Crippen LogP contribution in [0.25, 0.3) is 11.1 Å². The Bertz CT molecular complexity index is 1100. The van der Waals surface area contributed by atoms with Gasteiger partial charge >= 0.3 is 0 Å². The Morgan fingerprint density at radius 2 is 1.88 bits per heavy atom. The molecule has 0 atom stereocenters. The summed E-state index contributed by atoms with van der Waals surface area (Å²) in [4.78, 5) is 34.8. The van der Waals surface area contributed by atoms with Crippen molar-refractivity contribution in [3.8, 4) is 16.9 Å². The molecule has 0 saturated carbocycles. The molecule has 0 radical (unpaired) electrons. The van der Waals surface area contributed by atoms with Crippen molar-refractivity contribution in [3.63, 3.8) is 0 Å². The Kier molecular flexibility index (Phi) is 7.14. The maximum absolute atomic E-state index is 12.5. The van der Waals surface area contributed by atoms with Crippen LogP contribution in [0.1, 0.15) is 29.6 Å². The predicted octanol–water partition coefficient (Wildman–Crippen LogP) is 3.64. The van der Waals surface area contributed by atoms with Crippen LogP contribution in [0.15, 0.2) is 60.9 Å². The fourth-order valence-corrected chi connectivity index (χ4v) is 3.71. The third-order valence-electron chi connectivity index (χ3n) is 5.52. The van der Waals surface area contributed by atoms with Crippen LogP contribution in [0, 0.1) is 0 Å². The lowest BCUT2D eigenvalue weighted by molar-refractivity contribution is -0.127. The molecule has 1 aromatic heterocycles. The second-order valence-corrected chi connectivity index (χ2v) is 7.82. The average Bonchev–Trinajstić information content (AvgIpc) is 3.27. The summed E-state index contributed by atoms with van der Waals surface area (Å²) >= 11 is 0. The third kappa shape index (κ3) is 5.85. The molecule has 2 amide bonds. The number of hydrogen-bond acceptors (Lipinski definition) is 6. The number of nitrogens with one attached hydrogen (secondary N) is 2. The SMILES string of the molecule is COc1ccc(-c2cnc(Nc3cccc(C(=O)NCCCN4CCCC4=O)c3)nc2)cc1. The summed E-state index contributed by atoms with van der Waals surface area (Å²) in [5.74, 6) is 1.30. The largest absolute Gasteiger partial charge is 0.497 e. The molecule has 8 nitrogen and oxygen atoms in total. The molecule has 1 fully saturated rings. The normalized spacial score (nSPS) is 13.1. The molecule has 1 saturated heterocycles. The maximum atomic E-state index is 12.5. The zero-order valence-corrected chi connectivity index (χ0v) is 18.6. The zero-order chi connectivity index (χ0) is 23.0. The third-order valence-corrected chi connectivity index (χ3v) is 5.52. The summed E-state index contributed by atoms with van der Waals surface area (Å²) in [6, 6.07) is 14.9. The number of rotatable bonds is 9. The number of methoxy groups -OCH3 is 1. The first-order valence-corrected chi connectivity index (χ1v) is 11.0.